The maximum absolute atomic E-state index is 6.00. The molecule has 1 aliphatic carbocycles. The molecule has 1 atom stereocenters. The maximum atomic E-state index is 6.00. The lowest BCUT2D eigenvalue weighted by Gasteiger charge is -2.34. The molecule has 3 heterocycles. The van der Waals surface area contributed by atoms with Crippen LogP contribution in [-0.4, -0.2) is 45.0 Å². The summed E-state index contributed by atoms with van der Waals surface area (Å²) in [5, 5.41) is 4.01. The van der Waals surface area contributed by atoms with Gasteiger partial charge in [-0.05, 0) is 31.4 Å². The van der Waals surface area contributed by atoms with E-state index >= 15 is 0 Å². The zero-order chi connectivity index (χ0) is 14.2. The van der Waals surface area contributed by atoms with Crippen molar-refractivity contribution in [2.24, 2.45) is 0 Å². The minimum absolute atomic E-state index is 0.435. The van der Waals surface area contributed by atoms with Crippen molar-refractivity contribution in [3.8, 4) is 0 Å². The van der Waals surface area contributed by atoms with Gasteiger partial charge in [-0.1, -0.05) is 18.0 Å². The molecule has 1 saturated carbocycles. The highest BCUT2D eigenvalue weighted by Gasteiger charge is 2.31. The number of pyridine rings is 1. The molecular weight excluding hydrogens is 286 g/mol. The second-order valence-electron chi connectivity index (χ2n) is 5.93. The number of fused-ring (bicyclic) bond motifs is 1. The fraction of sp³-hybridized carbons (Fsp3) is 0.533. The molecule has 0 bridgehead atoms. The van der Waals surface area contributed by atoms with Gasteiger partial charge in [-0.25, -0.2) is 15.0 Å². The number of nitrogens with one attached hydrogen (secondary N) is 1. The molecule has 0 radical (unpaired) electrons. The highest BCUT2D eigenvalue weighted by Crippen LogP contribution is 2.29. The average molecular weight is 304 g/mol. The van der Waals surface area contributed by atoms with Gasteiger partial charge in [-0.2, -0.15) is 0 Å². The molecule has 2 aliphatic rings. The van der Waals surface area contributed by atoms with Crippen LogP contribution >= 0.6 is 11.6 Å². The fourth-order valence-corrected chi connectivity index (χ4v) is 3.35. The molecule has 5 nitrogen and oxygen atoms in total. The Kier molecular flexibility index (Phi) is 3.39. The van der Waals surface area contributed by atoms with Gasteiger partial charge in [-0.3, -0.25) is 4.90 Å². The van der Waals surface area contributed by atoms with Crippen LogP contribution in [0.4, 0.5) is 5.82 Å². The highest BCUT2D eigenvalue weighted by atomic mass is 35.5. The molecule has 110 valence electrons. The molecule has 1 aliphatic heterocycles. The molecule has 1 N–H and O–H groups in total. The van der Waals surface area contributed by atoms with Gasteiger partial charge in [0.25, 0.3) is 0 Å². The molecule has 6 heteroatoms. The second kappa shape index (κ2) is 5.39. The topological polar surface area (TPSA) is 53.9 Å². The lowest BCUT2D eigenvalue weighted by atomic mass is 9.92. The van der Waals surface area contributed by atoms with E-state index in [1.807, 2.05) is 6.07 Å². The summed E-state index contributed by atoms with van der Waals surface area (Å²) in [5.41, 5.74) is 1.58. The molecule has 4 rings (SSSR count). The van der Waals surface area contributed by atoms with Crippen LogP contribution in [0.3, 0.4) is 0 Å². The Morgan fingerprint density at radius 1 is 1.19 bits per heavy atom. The Morgan fingerprint density at radius 3 is 2.90 bits per heavy atom. The predicted octanol–water partition coefficient (Wildman–Crippen LogP) is 2.72. The van der Waals surface area contributed by atoms with E-state index in [-0.39, 0.29) is 0 Å². The zero-order valence-corrected chi connectivity index (χ0v) is 12.6. The number of anilines is 1. The first-order valence-corrected chi connectivity index (χ1v) is 7.95. The summed E-state index contributed by atoms with van der Waals surface area (Å²) < 4.78 is 0. The van der Waals surface area contributed by atoms with Crippen LogP contribution in [0.15, 0.2) is 18.5 Å². The van der Waals surface area contributed by atoms with E-state index in [4.69, 9.17) is 11.6 Å². The normalized spacial score (nSPS) is 23.4. The third kappa shape index (κ3) is 2.56. The predicted molar refractivity (Wildman–Crippen MR) is 83.6 cm³/mol. The van der Waals surface area contributed by atoms with Crippen LogP contribution in [0, 0.1) is 0 Å². The Morgan fingerprint density at radius 2 is 2.10 bits per heavy atom. The van der Waals surface area contributed by atoms with Gasteiger partial charge < -0.3 is 5.32 Å². The third-order valence-electron chi connectivity index (χ3n) is 4.60. The zero-order valence-electron chi connectivity index (χ0n) is 11.8. The smallest absolute Gasteiger partial charge is 0.156 e. The number of hydrogen-bond acceptors (Lipinski definition) is 5. The highest BCUT2D eigenvalue weighted by molar-refractivity contribution is 6.29. The van der Waals surface area contributed by atoms with E-state index in [0.717, 1.165) is 35.9 Å². The molecule has 0 unspecified atom stereocenters. The van der Waals surface area contributed by atoms with Crippen molar-refractivity contribution in [2.75, 3.05) is 18.4 Å². The number of aromatic nitrogens is 3. The van der Waals surface area contributed by atoms with E-state index < -0.39 is 0 Å². The summed E-state index contributed by atoms with van der Waals surface area (Å²) >= 11 is 6.00. The largest absolute Gasteiger partial charge is 0.364 e. The van der Waals surface area contributed by atoms with Crippen LogP contribution in [0.1, 0.15) is 25.7 Å². The Balaban J connectivity index is 1.53. The molecule has 2 aromatic rings. The summed E-state index contributed by atoms with van der Waals surface area (Å²) in [4.78, 5) is 15.6. The van der Waals surface area contributed by atoms with Gasteiger partial charge >= 0.3 is 0 Å². The fourth-order valence-electron chi connectivity index (χ4n) is 3.20. The molecule has 2 aromatic heterocycles. The van der Waals surface area contributed by atoms with Gasteiger partial charge in [0.2, 0.25) is 0 Å². The van der Waals surface area contributed by atoms with Crippen molar-refractivity contribution in [2.45, 2.75) is 37.8 Å². The van der Waals surface area contributed by atoms with Gasteiger partial charge in [0.15, 0.2) is 5.82 Å². The minimum atomic E-state index is 0.435. The molecule has 0 amide bonds. The van der Waals surface area contributed by atoms with Crippen LogP contribution in [-0.2, 0) is 0 Å². The van der Waals surface area contributed by atoms with Crippen LogP contribution in [0.25, 0.3) is 11.0 Å². The number of nitrogens with zero attached hydrogens (tertiary/aromatic N) is 4. The quantitative estimate of drug-likeness (QED) is 0.884. The SMILES string of the molecule is Clc1ccc2ncnc(N[C@@H]3CCN(C4CCC4)C3)c2n1. The van der Waals surface area contributed by atoms with E-state index in [9.17, 15) is 0 Å². The molecule has 0 spiro atoms. The van der Waals surface area contributed by atoms with Gasteiger partial charge in [0, 0.05) is 25.2 Å². The first kappa shape index (κ1) is 13.2. The Hall–Kier alpha value is -1.46. The van der Waals surface area contributed by atoms with Crippen LogP contribution < -0.4 is 5.32 Å². The molecular formula is C15H18ClN5. The first-order chi connectivity index (χ1) is 10.3. The molecule has 21 heavy (non-hydrogen) atoms. The van der Waals surface area contributed by atoms with E-state index in [1.54, 1.807) is 12.4 Å². The number of hydrogen-bond donors (Lipinski definition) is 1. The summed E-state index contributed by atoms with van der Waals surface area (Å²) in [6.07, 6.45) is 6.85. The first-order valence-electron chi connectivity index (χ1n) is 7.57. The third-order valence-corrected chi connectivity index (χ3v) is 4.81. The van der Waals surface area contributed by atoms with Gasteiger partial charge in [0.1, 0.15) is 17.0 Å². The summed E-state index contributed by atoms with van der Waals surface area (Å²) in [6, 6.07) is 4.89. The number of halogens is 1. The lowest BCUT2D eigenvalue weighted by molar-refractivity contribution is 0.158. The number of rotatable bonds is 3. The maximum Gasteiger partial charge on any atom is 0.156 e. The standard InChI is InChI=1S/C15H18ClN5/c16-13-5-4-12-14(20-13)15(18-9-17-12)19-10-6-7-21(8-10)11-2-1-3-11/h4-5,9-11H,1-3,6-8H2,(H,17,18,19)/t10-/m1/s1. The second-order valence-corrected chi connectivity index (χ2v) is 6.32. The molecule has 1 saturated heterocycles. The van der Waals surface area contributed by atoms with Crippen molar-refractivity contribution in [1.82, 2.24) is 19.9 Å². The minimum Gasteiger partial charge on any atom is -0.364 e. The summed E-state index contributed by atoms with van der Waals surface area (Å²) in [7, 11) is 0. The number of likely N-dealkylation sites (tertiary alicyclic amines) is 1. The Bertz CT molecular complexity index is 658. The van der Waals surface area contributed by atoms with E-state index in [2.05, 4.69) is 25.2 Å². The van der Waals surface area contributed by atoms with Crippen molar-refractivity contribution >= 4 is 28.5 Å². The van der Waals surface area contributed by atoms with E-state index in [1.165, 1.54) is 25.8 Å². The summed E-state index contributed by atoms with van der Waals surface area (Å²) in [5.74, 6) is 0.794. The summed E-state index contributed by atoms with van der Waals surface area (Å²) in [6.45, 7) is 2.27. The lowest BCUT2D eigenvalue weighted by Crippen LogP contribution is -2.39. The van der Waals surface area contributed by atoms with Gasteiger partial charge in [0.05, 0.1) is 5.52 Å². The average Bonchev–Trinajstić information content (AvgIpc) is 2.86. The molecule has 2 fully saturated rings. The van der Waals surface area contributed by atoms with E-state index in [0.29, 0.717) is 11.2 Å². The van der Waals surface area contributed by atoms with Crippen LogP contribution in [0.2, 0.25) is 5.15 Å². The van der Waals surface area contributed by atoms with Crippen molar-refractivity contribution in [3.05, 3.63) is 23.6 Å². The van der Waals surface area contributed by atoms with Gasteiger partial charge in [-0.15, -0.1) is 0 Å². The monoisotopic (exact) mass is 303 g/mol. The van der Waals surface area contributed by atoms with Crippen LogP contribution in [0.5, 0.6) is 0 Å². The van der Waals surface area contributed by atoms with Crippen molar-refractivity contribution in [3.63, 3.8) is 0 Å². The Labute approximate surface area is 128 Å². The van der Waals surface area contributed by atoms with Crippen molar-refractivity contribution < 1.29 is 0 Å². The van der Waals surface area contributed by atoms with Crippen molar-refractivity contribution in [1.29, 1.82) is 0 Å². The molecule has 0 aromatic carbocycles.